The van der Waals surface area contributed by atoms with E-state index in [1.807, 2.05) is 0 Å². The lowest BCUT2D eigenvalue weighted by molar-refractivity contribution is 0.181. The van der Waals surface area contributed by atoms with Crippen LogP contribution in [0.15, 0.2) is 12.2 Å². The number of hydrogen-bond donors (Lipinski definition) is 0. The largest absolute Gasteiger partial charge is 0.266 e. The number of allylic oxidation sites excluding steroid dienone is 1. The second-order valence-electron chi connectivity index (χ2n) is 3.92. The topological polar surface area (TPSA) is 43.4 Å². The Bertz CT molecular complexity index is 318. The smallest absolute Gasteiger partial charge is 0.264 e. The van der Waals surface area contributed by atoms with E-state index in [1.165, 1.54) is 0 Å². The van der Waals surface area contributed by atoms with Crippen molar-refractivity contribution in [2.75, 3.05) is 6.26 Å². The second kappa shape index (κ2) is 3.10. The standard InChI is InChI=1S/C9H14O3S/c1-13(10,11)12-9-6-5-7-3-2-4-8(7)9/h2,4,7-9H,3,5-6H2,1H3/t7-,8-,9+/m1/s1. The Balaban J connectivity index is 2.06. The zero-order valence-corrected chi connectivity index (χ0v) is 8.46. The molecule has 0 aromatic heterocycles. The van der Waals surface area contributed by atoms with Crippen LogP contribution < -0.4 is 0 Å². The van der Waals surface area contributed by atoms with Gasteiger partial charge < -0.3 is 0 Å². The lowest BCUT2D eigenvalue weighted by atomic mass is 9.99. The predicted molar refractivity (Wildman–Crippen MR) is 49.7 cm³/mol. The van der Waals surface area contributed by atoms with Gasteiger partial charge in [-0.3, -0.25) is 4.18 Å². The van der Waals surface area contributed by atoms with Gasteiger partial charge in [0.2, 0.25) is 0 Å². The van der Waals surface area contributed by atoms with Crippen LogP contribution in [-0.2, 0) is 14.3 Å². The van der Waals surface area contributed by atoms with Gasteiger partial charge in [-0.05, 0) is 25.2 Å². The minimum atomic E-state index is -3.28. The molecule has 4 heteroatoms. The highest BCUT2D eigenvalue weighted by molar-refractivity contribution is 7.86. The first-order valence-electron chi connectivity index (χ1n) is 4.61. The molecular weight excluding hydrogens is 188 g/mol. The van der Waals surface area contributed by atoms with Crippen LogP contribution in [0.25, 0.3) is 0 Å². The third-order valence-electron chi connectivity index (χ3n) is 2.89. The van der Waals surface area contributed by atoms with Crippen molar-refractivity contribution in [3.8, 4) is 0 Å². The molecule has 74 valence electrons. The Morgan fingerprint density at radius 2 is 2.15 bits per heavy atom. The Morgan fingerprint density at radius 3 is 2.85 bits per heavy atom. The highest BCUT2D eigenvalue weighted by Gasteiger charge is 2.38. The van der Waals surface area contributed by atoms with Crippen LogP contribution in [0.1, 0.15) is 19.3 Å². The molecule has 0 heterocycles. The van der Waals surface area contributed by atoms with E-state index in [1.54, 1.807) is 0 Å². The maximum absolute atomic E-state index is 10.9. The van der Waals surface area contributed by atoms with E-state index in [0.717, 1.165) is 25.5 Å². The van der Waals surface area contributed by atoms with Crippen LogP contribution >= 0.6 is 0 Å². The predicted octanol–water partition coefficient (Wildman–Crippen LogP) is 1.32. The molecule has 3 atom stereocenters. The van der Waals surface area contributed by atoms with Gasteiger partial charge in [0.15, 0.2) is 0 Å². The van der Waals surface area contributed by atoms with Gasteiger partial charge in [-0.25, -0.2) is 0 Å². The molecule has 1 fully saturated rings. The zero-order chi connectivity index (χ0) is 9.47. The molecule has 0 radical (unpaired) electrons. The number of fused-ring (bicyclic) bond motifs is 1. The second-order valence-corrected chi connectivity index (χ2v) is 5.52. The summed E-state index contributed by atoms with van der Waals surface area (Å²) in [6.45, 7) is 0. The van der Waals surface area contributed by atoms with E-state index in [-0.39, 0.29) is 6.10 Å². The highest BCUT2D eigenvalue weighted by Crippen LogP contribution is 2.41. The van der Waals surface area contributed by atoms with Crippen LogP contribution in [0.2, 0.25) is 0 Å². The molecule has 0 aromatic carbocycles. The summed E-state index contributed by atoms with van der Waals surface area (Å²) in [4.78, 5) is 0. The molecule has 0 aliphatic heterocycles. The molecule has 0 saturated heterocycles. The van der Waals surface area contributed by atoms with E-state index in [9.17, 15) is 8.42 Å². The van der Waals surface area contributed by atoms with Gasteiger partial charge in [0, 0.05) is 5.92 Å². The summed E-state index contributed by atoms with van der Waals surface area (Å²) in [7, 11) is -3.28. The Morgan fingerprint density at radius 1 is 1.38 bits per heavy atom. The van der Waals surface area contributed by atoms with Gasteiger partial charge >= 0.3 is 0 Å². The first-order chi connectivity index (χ1) is 6.06. The maximum Gasteiger partial charge on any atom is 0.264 e. The highest BCUT2D eigenvalue weighted by atomic mass is 32.2. The van der Waals surface area contributed by atoms with E-state index in [4.69, 9.17) is 4.18 Å². The molecule has 2 aliphatic carbocycles. The van der Waals surface area contributed by atoms with Gasteiger partial charge in [-0.2, -0.15) is 8.42 Å². The average Bonchev–Trinajstić information content (AvgIpc) is 2.50. The monoisotopic (exact) mass is 202 g/mol. The van der Waals surface area contributed by atoms with Crippen molar-refractivity contribution >= 4 is 10.1 Å². The minimum absolute atomic E-state index is 0.0984. The fraction of sp³-hybridized carbons (Fsp3) is 0.778. The quantitative estimate of drug-likeness (QED) is 0.501. The molecule has 3 nitrogen and oxygen atoms in total. The lowest BCUT2D eigenvalue weighted by Crippen LogP contribution is -2.21. The molecule has 1 saturated carbocycles. The third kappa shape index (κ3) is 1.94. The van der Waals surface area contributed by atoms with Gasteiger partial charge in [-0.15, -0.1) is 0 Å². The van der Waals surface area contributed by atoms with Gasteiger partial charge in [0.25, 0.3) is 10.1 Å². The molecule has 13 heavy (non-hydrogen) atoms. The summed E-state index contributed by atoms with van der Waals surface area (Å²) >= 11 is 0. The fourth-order valence-electron chi connectivity index (χ4n) is 2.37. The molecule has 0 amide bonds. The van der Waals surface area contributed by atoms with Gasteiger partial charge in [0.1, 0.15) is 0 Å². The van der Waals surface area contributed by atoms with E-state index in [2.05, 4.69) is 12.2 Å². The molecule has 0 unspecified atom stereocenters. The van der Waals surface area contributed by atoms with Crippen molar-refractivity contribution in [3.05, 3.63) is 12.2 Å². The first-order valence-corrected chi connectivity index (χ1v) is 6.43. The molecule has 0 N–H and O–H groups in total. The molecule has 0 aromatic rings. The first kappa shape index (κ1) is 9.21. The van der Waals surface area contributed by atoms with Crippen LogP contribution in [0.3, 0.4) is 0 Å². The Kier molecular flexibility index (Phi) is 2.20. The van der Waals surface area contributed by atoms with Crippen LogP contribution in [0.5, 0.6) is 0 Å². The molecule has 0 spiro atoms. The third-order valence-corrected chi connectivity index (χ3v) is 3.49. The molecule has 2 aliphatic rings. The van der Waals surface area contributed by atoms with Gasteiger partial charge in [-0.1, -0.05) is 12.2 Å². The Hall–Kier alpha value is -0.350. The SMILES string of the molecule is CS(=O)(=O)O[C@H]1CC[C@H]2CC=C[C@H]21. The summed E-state index contributed by atoms with van der Waals surface area (Å²) in [5, 5.41) is 0. The van der Waals surface area contributed by atoms with Crippen molar-refractivity contribution in [3.63, 3.8) is 0 Å². The van der Waals surface area contributed by atoms with Crippen molar-refractivity contribution < 1.29 is 12.6 Å². The average molecular weight is 202 g/mol. The minimum Gasteiger partial charge on any atom is -0.266 e. The summed E-state index contributed by atoms with van der Waals surface area (Å²) in [6, 6.07) is 0. The van der Waals surface area contributed by atoms with Crippen molar-refractivity contribution in [2.45, 2.75) is 25.4 Å². The van der Waals surface area contributed by atoms with Crippen molar-refractivity contribution in [1.29, 1.82) is 0 Å². The van der Waals surface area contributed by atoms with E-state index >= 15 is 0 Å². The summed E-state index contributed by atoms with van der Waals surface area (Å²) in [5.41, 5.74) is 0. The van der Waals surface area contributed by atoms with Crippen molar-refractivity contribution in [2.24, 2.45) is 11.8 Å². The van der Waals surface area contributed by atoms with Crippen LogP contribution in [-0.4, -0.2) is 20.8 Å². The fourth-order valence-corrected chi connectivity index (χ4v) is 3.04. The molecule has 0 bridgehead atoms. The number of rotatable bonds is 2. The van der Waals surface area contributed by atoms with Crippen molar-refractivity contribution in [1.82, 2.24) is 0 Å². The Labute approximate surface area is 78.9 Å². The van der Waals surface area contributed by atoms with Gasteiger partial charge in [0.05, 0.1) is 12.4 Å². The zero-order valence-electron chi connectivity index (χ0n) is 7.64. The summed E-state index contributed by atoms with van der Waals surface area (Å²) in [5.74, 6) is 0.974. The summed E-state index contributed by atoms with van der Waals surface area (Å²) < 4.78 is 26.9. The van der Waals surface area contributed by atoms with E-state index in [0.29, 0.717) is 11.8 Å². The maximum atomic E-state index is 10.9. The van der Waals surface area contributed by atoms with Crippen LogP contribution in [0, 0.1) is 11.8 Å². The van der Waals surface area contributed by atoms with E-state index < -0.39 is 10.1 Å². The van der Waals surface area contributed by atoms with Crippen LogP contribution in [0.4, 0.5) is 0 Å². The summed E-state index contributed by atoms with van der Waals surface area (Å²) in [6.07, 6.45) is 8.33. The lowest BCUT2D eigenvalue weighted by Gasteiger charge is -2.15. The molecule has 2 rings (SSSR count). The number of hydrogen-bond acceptors (Lipinski definition) is 3. The normalized spacial score (nSPS) is 38.1. The molecular formula is C9H14O3S.